The van der Waals surface area contributed by atoms with Crippen LogP contribution in [0.15, 0.2) is 34.9 Å². The molecular formula is C16H21N3O. The van der Waals surface area contributed by atoms with E-state index in [0.717, 1.165) is 25.5 Å². The maximum absolute atomic E-state index is 5.23. The summed E-state index contributed by atoms with van der Waals surface area (Å²) in [6, 6.07) is 10.7. The molecule has 3 rings (SSSR count). The van der Waals surface area contributed by atoms with Crippen molar-refractivity contribution in [2.45, 2.75) is 33.1 Å². The fourth-order valence-corrected chi connectivity index (χ4v) is 3.05. The van der Waals surface area contributed by atoms with E-state index in [1.54, 1.807) is 0 Å². The van der Waals surface area contributed by atoms with Crippen LogP contribution in [0.3, 0.4) is 0 Å². The molecule has 0 bridgehead atoms. The molecule has 2 aromatic rings. The average Bonchev–Trinajstić information content (AvgIpc) is 3.03. The van der Waals surface area contributed by atoms with Crippen LogP contribution in [0.25, 0.3) is 0 Å². The second kappa shape index (κ2) is 4.93. The van der Waals surface area contributed by atoms with E-state index in [-0.39, 0.29) is 5.41 Å². The van der Waals surface area contributed by atoms with Gasteiger partial charge in [-0.25, -0.2) is 0 Å². The van der Waals surface area contributed by atoms with Crippen molar-refractivity contribution in [3.63, 3.8) is 0 Å². The van der Waals surface area contributed by atoms with Crippen LogP contribution in [-0.4, -0.2) is 23.2 Å². The first kappa shape index (κ1) is 13.2. The first-order valence-corrected chi connectivity index (χ1v) is 7.22. The van der Waals surface area contributed by atoms with Crippen molar-refractivity contribution >= 4 is 5.95 Å². The molecule has 2 heterocycles. The maximum atomic E-state index is 5.23. The Morgan fingerprint density at radius 2 is 2.05 bits per heavy atom. The van der Waals surface area contributed by atoms with E-state index >= 15 is 0 Å². The highest BCUT2D eigenvalue weighted by atomic mass is 16.5. The van der Waals surface area contributed by atoms with Crippen LogP contribution >= 0.6 is 0 Å². The van der Waals surface area contributed by atoms with Gasteiger partial charge in [-0.15, -0.1) is 0 Å². The summed E-state index contributed by atoms with van der Waals surface area (Å²) in [5.41, 5.74) is 1.59. The lowest BCUT2D eigenvalue weighted by atomic mass is 9.78. The minimum Gasteiger partial charge on any atom is -0.337 e. The molecule has 1 aliphatic heterocycles. The molecule has 1 saturated heterocycles. The van der Waals surface area contributed by atoms with Gasteiger partial charge in [-0.1, -0.05) is 51.1 Å². The van der Waals surface area contributed by atoms with Crippen LogP contribution in [0, 0.1) is 5.41 Å². The standard InChI is InChI=1S/C16H21N3O/c1-4-14-17-15(18-20-14)19-10-13(16(2,3)11-19)12-8-6-5-7-9-12/h5-9,13H,4,10-11H2,1-3H3/t13-/m1/s1. The second-order valence-corrected chi connectivity index (χ2v) is 6.17. The Morgan fingerprint density at radius 1 is 1.30 bits per heavy atom. The highest BCUT2D eigenvalue weighted by Gasteiger charge is 2.41. The lowest BCUT2D eigenvalue weighted by Gasteiger charge is -2.25. The van der Waals surface area contributed by atoms with Crippen LogP contribution in [0.2, 0.25) is 0 Å². The number of aryl methyl sites for hydroxylation is 1. The number of hydrogen-bond donors (Lipinski definition) is 0. The van der Waals surface area contributed by atoms with Crippen molar-refractivity contribution in [3.05, 3.63) is 41.8 Å². The fraction of sp³-hybridized carbons (Fsp3) is 0.500. The minimum atomic E-state index is 0.203. The third-order valence-corrected chi connectivity index (χ3v) is 4.19. The Bertz CT molecular complexity index is 576. The molecule has 1 aromatic carbocycles. The summed E-state index contributed by atoms with van der Waals surface area (Å²) in [7, 11) is 0. The molecule has 0 amide bonds. The smallest absolute Gasteiger partial charge is 0.266 e. The lowest BCUT2D eigenvalue weighted by Crippen LogP contribution is -2.24. The van der Waals surface area contributed by atoms with Crippen LogP contribution in [0.5, 0.6) is 0 Å². The van der Waals surface area contributed by atoms with E-state index in [4.69, 9.17) is 4.52 Å². The third-order valence-electron chi connectivity index (χ3n) is 4.19. The molecule has 1 atom stereocenters. The van der Waals surface area contributed by atoms with Gasteiger partial charge in [-0.3, -0.25) is 0 Å². The number of aromatic nitrogens is 2. The van der Waals surface area contributed by atoms with Crippen LogP contribution in [0.4, 0.5) is 5.95 Å². The molecule has 1 aliphatic rings. The van der Waals surface area contributed by atoms with Crippen LogP contribution < -0.4 is 4.90 Å². The van der Waals surface area contributed by atoms with Gasteiger partial charge in [-0.2, -0.15) is 4.98 Å². The van der Waals surface area contributed by atoms with Gasteiger partial charge in [0.2, 0.25) is 5.89 Å². The third kappa shape index (κ3) is 2.30. The molecule has 0 radical (unpaired) electrons. The van der Waals surface area contributed by atoms with E-state index in [1.165, 1.54) is 5.56 Å². The topological polar surface area (TPSA) is 42.2 Å². The molecule has 106 valence electrons. The fourth-order valence-electron chi connectivity index (χ4n) is 3.05. The zero-order chi connectivity index (χ0) is 14.2. The summed E-state index contributed by atoms with van der Waals surface area (Å²) in [5.74, 6) is 1.93. The van der Waals surface area contributed by atoms with Crippen molar-refractivity contribution in [1.29, 1.82) is 0 Å². The number of hydrogen-bond acceptors (Lipinski definition) is 4. The van der Waals surface area contributed by atoms with Gasteiger partial charge in [0.05, 0.1) is 0 Å². The summed E-state index contributed by atoms with van der Waals surface area (Å²) in [4.78, 5) is 6.69. The van der Waals surface area contributed by atoms with Gasteiger partial charge in [-0.05, 0) is 16.1 Å². The largest absolute Gasteiger partial charge is 0.337 e. The van der Waals surface area contributed by atoms with E-state index in [0.29, 0.717) is 11.8 Å². The predicted octanol–water partition coefficient (Wildman–Crippen LogP) is 3.26. The highest BCUT2D eigenvalue weighted by molar-refractivity contribution is 5.37. The molecular weight excluding hydrogens is 250 g/mol. The predicted molar refractivity (Wildman–Crippen MR) is 78.9 cm³/mol. The van der Waals surface area contributed by atoms with Crippen LogP contribution in [0.1, 0.15) is 38.1 Å². The van der Waals surface area contributed by atoms with Crippen molar-refractivity contribution < 1.29 is 4.52 Å². The molecule has 20 heavy (non-hydrogen) atoms. The van der Waals surface area contributed by atoms with Crippen molar-refractivity contribution in [3.8, 4) is 0 Å². The zero-order valence-corrected chi connectivity index (χ0v) is 12.3. The highest BCUT2D eigenvalue weighted by Crippen LogP contribution is 2.43. The molecule has 1 fully saturated rings. The Hall–Kier alpha value is -1.84. The molecule has 0 spiro atoms. The van der Waals surface area contributed by atoms with E-state index in [2.05, 4.69) is 59.2 Å². The maximum Gasteiger partial charge on any atom is 0.266 e. The Kier molecular flexibility index (Phi) is 3.24. The molecule has 1 aromatic heterocycles. The molecule has 0 N–H and O–H groups in total. The number of nitrogens with zero attached hydrogens (tertiary/aromatic N) is 3. The lowest BCUT2D eigenvalue weighted by molar-refractivity contribution is 0.364. The second-order valence-electron chi connectivity index (χ2n) is 6.17. The van der Waals surface area contributed by atoms with Gasteiger partial charge in [0.25, 0.3) is 5.95 Å². The SMILES string of the molecule is CCc1nc(N2C[C@H](c3ccccc3)C(C)(C)C2)no1. The van der Waals surface area contributed by atoms with Gasteiger partial charge in [0, 0.05) is 25.4 Å². The summed E-state index contributed by atoms with van der Waals surface area (Å²) < 4.78 is 5.23. The minimum absolute atomic E-state index is 0.203. The Labute approximate surface area is 119 Å². The number of rotatable bonds is 3. The van der Waals surface area contributed by atoms with E-state index < -0.39 is 0 Å². The molecule has 4 heteroatoms. The van der Waals surface area contributed by atoms with E-state index in [9.17, 15) is 0 Å². The zero-order valence-electron chi connectivity index (χ0n) is 12.3. The quantitative estimate of drug-likeness (QED) is 0.859. The van der Waals surface area contributed by atoms with E-state index in [1.807, 2.05) is 6.92 Å². The first-order chi connectivity index (χ1) is 9.60. The van der Waals surface area contributed by atoms with Crippen molar-refractivity contribution in [2.75, 3.05) is 18.0 Å². The average molecular weight is 271 g/mol. The number of benzene rings is 1. The van der Waals surface area contributed by atoms with Crippen LogP contribution in [-0.2, 0) is 6.42 Å². The first-order valence-electron chi connectivity index (χ1n) is 7.22. The molecule has 0 unspecified atom stereocenters. The van der Waals surface area contributed by atoms with Crippen molar-refractivity contribution in [1.82, 2.24) is 10.1 Å². The monoisotopic (exact) mass is 271 g/mol. The van der Waals surface area contributed by atoms with Gasteiger partial charge < -0.3 is 9.42 Å². The summed E-state index contributed by atoms with van der Waals surface area (Å²) in [5, 5.41) is 4.10. The summed E-state index contributed by atoms with van der Waals surface area (Å²) in [6.45, 7) is 8.55. The Morgan fingerprint density at radius 3 is 2.70 bits per heavy atom. The van der Waals surface area contributed by atoms with Gasteiger partial charge >= 0.3 is 0 Å². The van der Waals surface area contributed by atoms with Gasteiger partial charge in [0.1, 0.15) is 0 Å². The molecule has 4 nitrogen and oxygen atoms in total. The number of anilines is 1. The van der Waals surface area contributed by atoms with Gasteiger partial charge in [0.15, 0.2) is 0 Å². The molecule has 0 saturated carbocycles. The summed E-state index contributed by atoms with van der Waals surface area (Å²) >= 11 is 0. The Balaban J connectivity index is 1.85. The normalized spacial score (nSPS) is 21.4. The summed E-state index contributed by atoms with van der Waals surface area (Å²) in [6.07, 6.45) is 0.784. The van der Waals surface area contributed by atoms with Crippen molar-refractivity contribution in [2.24, 2.45) is 5.41 Å². The molecule has 0 aliphatic carbocycles.